The summed E-state index contributed by atoms with van der Waals surface area (Å²) in [5.74, 6) is 0.371. The third-order valence-electron chi connectivity index (χ3n) is 5.83. The lowest BCUT2D eigenvalue weighted by Gasteiger charge is -2.22. The van der Waals surface area contributed by atoms with Crippen LogP contribution in [0.4, 0.5) is 20.8 Å². The van der Waals surface area contributed by atoms with E-state index < -0.39 is 21.9 Å². The Kier molecular flexibility index (Phi) is 7.83. The van der Waals surface area contributed by atoms with Gasteiger partial charge in [-0.3, -0.25) is 4.72 Å². The van der Waals surface area contributed by atoms with Crippen molar-refractivity contribution in [1.82, 2.24) is 25.3 Å². The van der Waals surface area contributed by atoms with E-state index in [-0.39, 0.29) is 39.9 Å². The summed E-state index contributed by atoms with van der Waals surface area (Å²) in [6, 6.07) is 3.99. The van der Waals surface area contributed by atoms with Crippen molar-refractivity contribution in [3.05, 3.63) is 41.1 Å². The standard InChI is InChI=1S/C23H27ClFN7O4S/c1-12(28-23(33)36-2)11-27-22-26-8-7-16(29-22)20-19(30-21(31-20)13-5-4-6-13)15-9-14(24)10-17(18(15)25)32-37(3,34)35/h7-10,12-13,32H,4-6,11H2,1-3H3,(H,28,33)(H,30,31)(H,26,27,29)/t12-/m0/s1. The molecule has 4 N–H and O–H groups in total. The number of rotatable bonds is 9. The van der Waals surface area contributed by atoms with Crippen LogP contribution >= 0.6 is 11.6 Å². The van der Waals surface area contributed by atoms with E-state index in [0.717, 1.165) is 25.5 Å². The molecular weight excluding hydrogens is 525 g/mol. The number of ether oxygens (including phenoxy) is 1. The summed E-state index contributed by atoms with van der Waals surface area (Å²) in [5.41, 5.74) is 0.889. The second-order valence-corrected chi connectivity index (χ2v) is 11.0. The number of hydrogen-bond acceptors (Lipinski definition) is 8. The van der Waals surface area contributed by atoms with Gasteiger partial charge in [0.15, 0.2) is 5.82 Å². The Hall–Kier alpha value is -3.45. The van der Waals surface area contributed by atoms with Gasteiger partial charge >= 0.3 is 6.09 Å². The molecule has 3 aromatic rings. The highest BCUT2D eigenvalue weighted by Crippen LogP contribution is 2.40. The molecule has 1 aliphatic rings. The van der Waals surface area contributed by atoms with Crippen molar-refractivity contribution in [2.45, 2.75) is 38.1 Å². The number of benzene rings is 1. The predicted octanol–water partition coefficient (Wildman–Crippen LogP) is 4.12. The van der Waals surface area contributed by atoms with Gasteiger partial charge in [-0.05, 0) is 38.0 Å². The zero-order chi connectivity index (χ0) is 26.7. The first-order valence-electron chi connectivity index (χ1n) is 11.5. The number of carbonyl (C=O) groups is 1. The molecule has 0 saturated heterocycles. The maximum Gasteiger partial charge on any atom is 0.407 e. The van der Waals surface area contributed by atoms with E-state index in [1.54, 1.807) is 19.2 Å². The highest BCUT2D eigenvalue weighted by Gasteiger charge is 2.27. The number of sulfonamides is 1. The van der Waals surface area contributed by atoms with Crippen LogP contribution in [0.3, 0.4) is 0 Å². The summed E-state index contributed by atoms with van der Waals surface area (Å²) in [7, 11) is -2.47. The van der Waals surface area contributed by atoms with Crippen LogP contribution in [0.15, 0.2) is 24.4 Å². The Bertz CT molecular complexity index is 1410. The number of halogens is 2. The largest absolute Gasteiger partial charge is 0.453 e. The fourth-order valence-corrected chi connectivity index (χ4v) is 4.59. The third kappa shape index (κ3) is 6.46. The molecule has 2 heterocycles. The fraction of sp³-hybridized carbons (Fsp3) is 0.391. The summed E-state index contributed by atoms with van der Waals surface area (Å²) in [6.45, 7) is 2.11. The highest BCUT2D eigenvalue weighted by molar-refractivity contribution is 7.92. The molecule has 0 spiro atoms. The molecule has 0 aliphatic heterocycles. The number of hydrogen-bond donors (Lipinski definition) is 4. The number of aromatic nitrogens is 4. The van der Waals surface area contributed by atoms with Crippen molar-refractivity contribution in [3.63, 3.8) is 0 Å². The number of carbonyl (C=O) groups excluding carboxylic acids is 1. The molecule has 0 bridgehead atoms. The Balaban J connectivity index is 1.72. The molecule has 11 nitrogen and oxygen atoms in total. The number of alkyl carbamates (subject to hydrolysis) is 1. The summed E-state index contributed by atoms with van der Waals surface area (Å²) in [6.07, 6.45) is 4.90. The third-order valence-corrected chi connectivity index (χ3v) is 6.64. The van der Waals surface area contributed by atoms with Gasteiger partial charge in [0, 0.05) is 35.3 Å². The lowest BCUT2D eigenvalue weighted by molar-refractivity contribution is 0.168. The van der Waals surface area contributed by atoms with Crippen molar-refractivity contribution in [3.8, 4) is 22.6 Å². The summed E-state index contributed by atoms with van der Waals surface area (Å²) in [5, 5.41) is 5.83. The molecule has 1 fully saturated rings. The first kappa shape index (κ1) is 26.6. The van der Waals surface area contributed by atoms with E-state index in [1.165, 1.54) is 19.2 Å². The quantitative estimate of drug-likeness (QED) is 0.310. The van der Waals surface area contributed by atoms with Gasteiger partial charge in [-0.2, -0.15) is 0 Å². The van der Waals surface area contributed by atoms with Gasteiger partial charge in [0.1, 0.15) is 11.5 Å². The van der Waals surface area contributed by atoms with E-state index in [9.17, 15) is 13.2 Å². The SMILES string of the molecule is COC(=O)N[C@@H](C)CNc1nccc(-c2[nH]c(C3CCC3)nc2-c2cc(Cl)cc(NS(C)(=O)=O)c2F)n1. The number of nitrogens with one attached hydrogen (secondary N) is 4. The number of methoxy groups -OCH3 is 1. The molecular formula is C23H27ClFN7O4S. The van der Waals surface area contributed by atoms with Crippen LogP contribution in [0.2, 0.25) is 5.02 Å². The molecule has 2 aromatic heterocycles. The Morgan fingerprint density at radius 1 is 1.32 bits per heavy atom. The van der Waals surface area contributed by atoms with E-state index in [4.69, 9.17) is 16.6 Å². The van der Waals surface area contributed by atoms with Crippen LogP contribution in [0, 0.1) is 5.82 Å². The first-order chi connectivity index (χ1) is 17.5. The molecule has 1 aromatic carbocycles. The summed E-state index contributed by atoms with van der Waals surface area (Å²) in [4.78, 5) is 28.1. The predicted molar refractivity (Wildman–Crippen MR) is 139 cm³/mol. The van der Waals surface area contributed by atoms with Gasteiger partial charge in [0.2, 0.25) is 16.0 Å². The van der Waals surface area contributed by atoms with E-state index in [1.807, 2.05) is 0 Å². The van der Waals surface area contributed by atoms with Crippen LogP contribution in [-0.4, -0.2) is 60.4 Å². The molecule has 198 valence electrons. The Morgan fingerprint density at radius 2 is 2.08 bits per heavy atom. The number of nitrogens with zero attached hydrogens (tertiary/aromatic N) is 3. The van der Waals surface area contributed by atoms with Crippen molar-refractivity contribution < 1.29 is 22.3 Å². The Labute approximate surface area is 218 Å². The van der Waals surface area contributed by atoms with Gasteiger partial charge in [-0.1, -0.05) is 18.0 Å². The van der Waals surface area contributed by atoms with Crippen LogP contribution < -0.4 is 15.4 Å². The second-order valence-electron chi connectivity index (χ2n) is 8.85. The molecule has 1 saturated carbocycles. The zero-order valence-corrected chi connectivity index (χ0v) is 22.0. The first-order valence-corrected chi connectivity index (χ1v) is 13.8. The highest BCUT2D eigenvalue weighted by atomic mass is 35.5. The minimum absolute atomic E-state index is 0.0273. The number of H-pyrrole nitrogens is 1. The van der Waals surface area contributed by atoms with Crippen LogP contribution in [0.5, 0.6) is 0 Å². The maximum atomic E-state index is 15.6. The van der Waals surface area contributed by atoms with Gasteiger partial charge in [0.25, 0.3) is 0 Å². The lowest BCUT2D eigenvalue weighted by atomic mass is 9.85. The van der Waals surface area contributed by atoms with E-state index >= 15 is 4.39 Å². The molecule has 4 rings (SSSR count). The molecule has 1 atom stereocenters. The van der Waals surface area contributed by atoms with Gasteiger partial charge in [0.05, 0.1) is 30.4 Å². The normalized spacial score (nSPS) is 14.5. The van der Waals surface area contributed by atoms with Crippen molar-refractivity contribution in [2.75, 3.05) is 29.9 Å². The molecule has 0 radical (unpaired) electrons. The van der Waals surface area contributed by atoms with Gasteiger partial charge < -0.3 is 20.4 Å². The van der Waals surface area contributed by atoms with Crippen LogP contribution in [0.1, 0.15) is 37.9 Å². The number of anilines is 2. The van der Waals surface area contributed by atoms with E-state index in [0.29, 0.717) is 23.8 Å². The molecule has 1 amide bonds. The van der Waals surface area contributed by atoms with Crippen molar-refractivity contribution in [1.29, 1.82) is 0 Å². The molecule has 0 unspecified atom stereocenters. The average Bonchev–Trinajstić information content (AvgIpc) is 3.22. The van der Waals surface area contributed by atoms with Crippen molar-refractivity contribution in [2.24, 2.45) is 0 Å². The van der Waals surface area contributed by atoms with E-state index in [2.05, 4.69) is 35.0 Å². The number of imidazole rings is 1. The molecule has 37 heavy (non-hydrogen) atoms. The fourth-order valence-electron chi connectivity index (χ4n) is 3.82. The monoisotopic (exact) mass is 551 g/mol. The topological polar surface area (TPSA) is 151 Å². The minimum Gasteiger partial charge on any atom is -0.453 e. The number of amides is 1. The Morgan fingerprint density at radius 3 is 2.73 bits per heavy atom. The smallest absolute Gasteiger partial charge is 0.407 e. The minimum atomic E-state index is -3.75. The van der Waals surface area contributed by atoms with Crippen molar-refractivity contribution >= 4 is 39.4 Å². The lowest BCUT2D eigenvalue weighted by Crippen LogP contribution is -2.37. The average molecular weight is 552 g/mol. The molecule has 1 aliphatic carbocycles. The zero-order valence-electron chi connectivity index (χ0n) is 20.4. The van der Waals surface area contributed by atoms with Crippen LogP contribution in [0.25, 0.3) is 22.6 Å². The second kappa shape index (κ2) is 10.9. The van der Waals surface area contributed by atoms with Gasteiger partial charge in [-0.15, -0.1) is 0 Å². The molecule has 14 heteroatoms. The van der Waals surface area contributed by atoms with Gasteiger partial charge in [-0.25, -0.2) is 32.6 Å². The summed E-state index contributed by atoms with van der Waals surface area (Å²) >= 11 is 6.24. The number of aromatic amines is 1. The maximum absolute atomic E-state index is 15.6. The van der Waals surface area contributed by atoms with Crippen LogP contribution in [-0.2, 0) is 14.8 Å². The summed E-state index contributed by atoms with van der Waals surface area (Å²) < 4.78 is 45.9.